The van der Waals surface area contributed by atoms with Gasteiger partial charge in [-0.25, -0.2) is 4.98 Å². The number of anilines is 1. The summed E-state index contributed by atoms with van der Waals surface area (Å²) in [6, 6.07) is 1.51. The molecule has 2 heterocycles. The molecule has 7 heteroatoms. The SMILES string of the molecule is COCC1(C(=O)N2CCCN(c3cc(=O)[nH]cn3)CC2)CCC1. The van der Waals surface area contributed by atoms with Crippen LogP contribution in [0.15, 0.2) is 17.2 Å². The number of carbonyl (C=O) groups is 1. The summed E-state index contributed by atoms with van der Waals surface area (Å²) in [7, 11) is 1.66. The van der Waals surface area contributed by atoms with Crippen LogP contribution in [0, 0.1) is 5.41 Å². The summed E-state index contributed by atoms with van der Waals surface area (Å²) in [4.78, 5) is 35.1. The van der Waals surface area contributed by atoms with Crippen molar-refractivity contribution in [1.82, 2.24) is 14.9 Å². The topological polar surface area (TPSA) is 78.5 Å². The van der Waals surface area contributed by atoms with Gasteiger partial charge in [-0.1, -0.05) is 6.42 Å². The van der Waals surface area contributed by atoms with E-state index in [0.717, 1.165) is 38.8 Å². The fourth-order valence-electron chi connectivity index (χ4n) is 3.52. The second-order valence-corrected chi connectivity index (χ2v) is 6.47. The highest BCUT2D eigenvalue weighted by atomic mass is 16.5. The molecule has 0 bridgehead atoms. The number of rotatable bonds is 4. The molecule has 1 aromatic rings. The molecule has 0 unspecified atom stereocenters. The summed E-state index contributed by atoms with van der Waals surface area (Å²) in [6.45, 7) is 3.44. The van der Waals surface area contributed by atoms with E-state index in [9.17, 15) is 9.59 Å². The van der Waals surface area contributed by atoms with Crippen molar-refractivity contribution in [3.05, 3.63) is 22.7 Å². The predicted octanol–water partition coefficient (Wildman–Crippen LogP) is 0.625. The van der Waals surface area contributed by atoms with Gasteiger partial charge in [0.2, 0.25) is 5.91 Å². The molecule has 1 aliphatic carbocycles. The molecule has 2 aliphatic rings. The highest BCUT2D eigenvalue weighted by molar-refractivity contribution is 5.84. The number of hydrogen-bond donors (Lipinski definition) is 1. The summed E-state index contributed by atoms with van der Waals surface area (Å²) < 4.78 is 5.29. The molecule has 1 saturated carbocycles. The minimum absolute atomic E-state index is 0.152. The number of methoxy groups -OCH3 is 1. The van der Waals surface area contributed by atoms with Crippen LogP contribution < -0.4 is 10.5 Å². The van der Waals surface area contributed by atoms with Crippen LogP contribution in [0.2, 0.25) is 0 Å². The van der Waals surface area contributed by atoms with E-state index in [4.69, 9.17) is 4.74 Å². The highest BCUT2D eigenvalue weighted by Crippen LogP contribution is 2.42. The molecule has 0 spiro atoms. The maximum absolute atomic E-state index is 12.9. The van der Waals surface area contributed by atoms with Gasteiger partial charge >= 0.3 is 0 Å². The Bertz CT molecular complexity index is 611. The van der Waals surface area contributed by atoms with Gasteiger partial charge in [0.25, 0.3) is 5.56 Å². The summed E-state index contributed by atoms with van der Waals surface area (Å²) in [5, 5.41) is 0. The molecular formula is C16H24N4O3. The Hall–Kier alpha value is -1.89. The molecule has 2 fully saturated rings. The third kappa shape index (κ3) is 3.24. The second-order valence-electron chi connectivity index (χ2n) is 6.47. The lowest BCUT2D eigenvalue weighted by Gasteiger charge is -2.42. The Balaban J connectivity index is 1.66. The van der Waals surface area contributed by atoms with E-state index in [-0.39, 0.29) is 16.9 Å². The third-order valence-electron chi connectivity index (χ3n) is 4.96. The summed E-state index contributed by atoms with van der Waals surface area (Å²) in [5.74, 6) is 0.907. The van der Waals surface area contributed by atoms with Crippen LogP contribution in [0.1, 0.15) is 25.7 Å². The van der Waals surface area contributed by atoms with Crippen molar-refractivity contribution in [3.8, 4) is 0 Å². The maximum atomic E-state index is 12.9. The number of nitrogens with one attached hydrogen (secondary N) is 1. The molecule has 23 heavy (non-hydrogen) atoms. The lowest BCUT2D eigenvalue weighted by molar-refractivity contribution is -0.151. The first kappa shape index (κ1) is 16.0. The minimum Gasteiger partial charge on any atom is -0.384 e. The largest absolute Gasteiger partial charge is 0.384 e. The van der Waals surface area contributed by atoms with Crippen molar-refractivity contribution >= 4 is 11.7 Å². The molecule has 1 amide bonds. The highest BCUT2D eigenvalue weighted by Gasteiger charge is 2.46. The number of carbonyl (C=O) groups excluding carboxylic acids is 1. The Morgan fingerprint density at radius 3 is 2.78 bits per heavy atom. The van der Waals surface area contributed by atoms with Gasteiger partial charge in [-0.2, -0.15) is 0 Å². The molecule has 0 atom stereocenters. The number of nitrogens with zero attached hydrogens (tertiary/aromatic N) is 3. The van der Waals surface area contributed by atoms with Crippen molar-refractivity contribution in [2.75, 3.05) is 44.8 Å². The normalized spacial score (nSPS) is 20.7. The Morgan fingerprint density at radius 1 is 1.30 bits per heavy atom. The molecule has 1 saturated heterocycles. The van der Waals surface area contributed by atoms with Gasteiger partial charge in [-0.15, -0.1) is 0 Å². The number of aromatic nitrogens is 2. The van der Waals surface area contributed by atoms with Crippen LogP contribution in [-0.2, 0) is 9.53 Å². The third-order valence-corrected chi connectivity index (χ3v) is 4.96. The van der Waals surface area contributed by atoms with Crippen LogP contribution in [-0.4, -0.2) is 60.7 Å². The zero-order valence-electron chi connectivity index (χ0n) is 13.6. The van der Waals surface area contributed by atoms with Gasteiger partial charge in [-0.05, 0) is 19.3 Å². The number of hydrogen-bond acceptors (Lipinski definition) is 5. The molecule has 0 aromatic carbocycles. The quantitative estimate of drug-likeness (QED) is 0.880. The van der Waals surface area contributed by atoms with E-state index in [1.807, 2.05) is 4.90 Å². The van der Waals surface area contributed by atoms with Gasteiger partial charge in [0.05, 0.1) is 18.3 Å². The monoisotopic (exact) mass is 320 g/mol. The minimum atomic E-state index is -0.300. The van der Waals surface area contributed by atoms with E-state index in [1.54, 1.807) is 7.11 Å². The average molecular weight is 320 g/mol. The van der Waals surface area contributed by atoms with E-state index in [1.165, 1.54) is 12.4 Å². The predicted molar refractivity (Wildman–Crippen MR) is 86.4 cm³/mol. The van der Waals surface area contributed by atoms with Crippen LogP contribution in [0.4, 0.5) is 5.82 Å². The standard InChI is InChI=1S/C16H24N4O3/c1-23-11-16(4-2-5-16)15(22)20-7-3-6-19(8-9-20)13-10-14(21)18-12-17-13/h10,12H,2-9,11H2,1H3,(H,17,18,21). The van der Waals surface area contributed by atoms with Crippen LogP contribution in [0.25, 0.3) is 0 Å². The van der Waals surface area contributed by atoms with E-state index in [0.29, 0.717) is 25.5 Å². The molecule has 126 valence electrons. The average Bonchev–Trinajstić information content (AvgIpc) is 2.76. The molecule has 0 radical (unpaired) electrons. The zero-order chi connectivity index (χ0) is 16.3. The fraction of sp³-hybridized carbons (Fsp3) is 0.688. The number of aromatic amines is 1. The number of ether oxygens (including phenoxy) is 1. The first-order valence-electron chi connectivity index (χ1n) is 8.23. The molecule has 1 aliphatic heterocycles. The van der Waals surface area contributed by atoms with Crippen LogP contribution in [0.5, 0.6) is 0 Å². The Labute approximate surface area is 135 Å². The zero-order valence-corrected chi connectivity index (χ0v) is 13.6. The van der Waals surface area contributed by atoms with E-state index >= 15 is 0 Å². The van der Waals surface area contributed by atoms with Gasteiger partial charge in [0, 0.05) is 39.4 Å². The summed E-state index contributed by atoms with van der Waals surface area (Å²) >= 11 is 0. The maximum Gasteiger partial charge on any atom is 0.252 e. The van der Waals surface area contributed by atoms with Crippen molar-refractivity contribution in [1.29, 1.82) is 0 Å². The van der Waals surface area contributed by atoms with Crippen molar-refractivity contribution in [3.63, 3.8) is 0 Å². The summed E-state index contributed by atoms with van der Waals surface area (Å²) in [6.07, 6.45) is 5.26. The Kier molecular flexibility index (Phi) is 4.66. The van der Waals surface area contributed by atoms with E-state index < -0.39 is 0 Å². The van der Waals surface area contributed by atoms with Gasteiger partial charge in [0.1, 0.15) is 5.82 Å². The molecular weight excluding hydrogens is 296 g/mol. The summed E-state index contributed by atoms with van der Waals surface area (Å²) in [5.41, 5.74) is -0.452. The second kappa shape index (κ2) is 6.70. The lowest BCUT2D eigenvalue weighted by atomic mass is 9.68. The molecule has 1 N–H and O–H groups in total. The molecule has 3 rings (SSSR count). The van der Waals surface area contributed by atoms with Crippen LogP contribution >= 0.6 is 0 Å². The van der Waals surface area contributed by atoms with Gasteiger partial charge < -0.3 is 19.5 Å². The smallest absolute Gasteiger partial charge is 0.252 e. The van der Waals surface area contributed by atoms with Crippen molar-refractivity contribution in [2.45, 2.75) is 25.7 Å². The Morgan fingerprint density at radius 2 is 2.13 bits per heavy atom. The molecule has 7 nitrogen and oxygen atoms in total. The number of H-pyrrole nitrogens is 1. The van der Waals surface area contributed by atoms with Gasteiger partial charge in [-0.3, -0.25) is 9.59 Å². The van der Waals surface area contributed by atoms with Crippen LogP contribution in [0.3, 0.4) is 0 Å². The first-order valence-corrected chi connectivity index (χ1v) is 8.23. The van der Waals surface area contributed by atoms with Crippen molar-refractivity contribution in [2.24, 2.45) is 5.41 Å². The first-order chi connectivity index (χ1) is 11.1. The van der Waals surface area contributed by atoms with Gasteiger partial charge in [0.15, 0.2) is 0 Å². The fourth-order valence-corrected chi connectivity index (χ4v) is 3.52. The van der Waals surface area contributed by atoms with E-state index in [2.05, 4.69) is 14.9 Å². The lowest BCUT2D eigenvalue weighted by Crippen LogP contribution is -2.51. The van der Waals surface area contributed by atoms with Crippen molar-refractivity contribution < 1.29 is 9.53 Å². The molecule has 1 aromatic heterocycles. The number of amides is 1.